The lowest BCUT2D eigenvalue weighted by molar-refractivity contribution is 0.617. The number of benzene rings is 1. The Morgan fingerprint density at radius 1 is 1.18 bits per heavy atom. The van der Waals surface area contributed by atoms with Crippen molar-refractivity contribution in [3.05, 3.63) is 35.1 Å². The van der Waals surface area contributed by atoms with Crippen LogP contribution >= 0.6 is 0 Å². The maximum Gasteiger partial charge on any atom is 0.126 e. The van der Waals surface area contributed by atoms with Crippen molar-refractivity contribution in [3.8, 4) is 0 Å². The molecule has 0 bridgehead atoms. The zero-order valence-corrected chi connectivity index (χ0v) is 7.19. The number of rotatable bonds is 0. The Balaban J connectivity index is 0.000000461. The summed E-state index contributed by atoms with van der Waals surface area (Å²) in [5, 5.41) is 0. The largest absolute Gasteiger partial charge is 0.333 e. The second kappa shape index (κ2) is 4.85. The molecule has 0 radical (unpaired) electrons. The Morgan fingerprint density at radius 2 is 1.73 bits per heavy atom. The summed E-state index contributed by atoms with van der Waals surface area (Å²) in [7, 11) is 1.50. The van der Waals surface area contributed by atoms with Crippen LogP contribution in [-0.4, -0.2) is 7.05 Å². The van der Waals surface area contributed by atoms with Gasteiger partial charge in [-0.1, -0.05) is 12.1 Å². The van der Waals surface area contributed by atoms with Crippen molar-refractivity contribution in [2.75, 3.05) is 7.05 Å². The lowest BCUT2D eigenvalue weighted by Crippen LogP contribution is -1.83. The average Bonchev–Trinajstić information content (AvgIpc) is 2.04. The van der Waals surface area contributed by atoms with Crippen LogP contribution in [0.1, 0.15) is 11.1 Å². The topological polar surface area (TPSA) is 26.0 Å². The standard InChI is InChI=1S/C8H9F.CH5N/c1-6-4-3-5-8(9)7(6)2;1-2/h3-5H,1-2H3;2H2,1H3. The maximum atomic E-state index is 12.6. The first kappa shape index (κ1) is 10.1. The second-order valence-electron chi connectivity index (χ2n) is 2.18. The van der Waals surface area contributed by atoms with Crippen molar-refractivity contribution in [1.82, 2.24) is 0 Å². The molecular weight excluding hydrogens is 141 g/mol. The molecule has 0 aliphatic carbocycles. The van der Waals surface area contributed by atoms with Gasteiger partial charge in [0.15, 0.2) is 0 Å². The van der Waals surface area contributed by atoms with Crippen molar-refractivity contribution in [2.24, 2.45) is 5.73 Å². The quantitative estimate of drug-likeness (QED) is 0.609. The first-order valence-corrected chi connectivity index (χ1v) is 3.51. The van der Waals surface area contributed by atoms with Gasteiger partial charge in [-0.05, 0) is 38.1 Å². The van der Waals surface area contributed by atoms with Crippen LogP contribution < -0.4 is 5.73 Å². The number of hydrogen-bond donors (Lipinski definition) is 1. The zero-order chi connectivity index (χ0) is 8.85. The number of nitrogens with two attached hydrogens (primary N) is 1. The minimum atomic E-state index is -0.116. The molecule has 0 spiro atoms. The molecule has 0 aromatic heterocycles. The van der Waals surface area contributed by atoms with Gasteiger partial charge in [0.2, 0.25) is 0 Å². The van der Waals surface area contributed by atoms with Crippen molar-refractivity contribution in [1.29, 1.82) is 0 Å². The Morgan fingerprint density at radius 3 is 2.09 bits per heavy atom. The van der Waals surface area contributed by atoms with Crippen molar-refractivity contribution < 1.29 is 4.39 Å². The van der Waals surface area contributed by atoms with E-state index in [1.807, 2.05) is 13.0 Å². The Hall–Kier alpha value is -0.890. The fourth-order valence-electron chi connectivity index (χ4n) is 0.715. The van der Waals surface area contributed by atoms with E-state index >= 15 is 0 Å². The lowest BCUT2D eigenvalue weighted by atomic mass is 10.1. The Labute approximate surface area is 67.0 Å². The monoisotopic (exact) mass is 155 g/mol. The van der Waals surface area contributed by atoms with E-state index in [4.69, 9.17) is 0 Å². The van der Waals surface area contributed by atoms with Gasteiger partial charge < -0.3 is 5.73 Å². The third kappa shape index (κ3) is 2.68. The van der Waals surface area contributed by atoms with E-state index in [1.54, 1.807) is 13.0 Å². The van der Waals surface area contributed by atoms with Crippen molar-refractivity contribution in [3.63, 3.8) is 0 Å². The van der Waals surface area contributed by atoms with Crippen LogP contribution in [0.5, 0.6) is 0 Å². The van der Waals surface area contributed by atoms with E-state index in [1.165, 1.54) is 13.1 Å². The summed E-state index contributed by atoms with van der Waals surface area (Å²) < 4.78 is 12.6. The summed E-state index contributed by atoms with van der Waals surface area (Å²) >= 11 is 0. The van der Waals surface area contributed by atoms with Gasteiger partial charge in [0.25, 0.3) is 0 Å². The molecule has 0 saturated heterocycles. The third-order valence-electron chi connectivity index (χ3n) is 1.54. The number of halogens is 1. The number of aryl methyl sites for hydroxylation is 1. The molecule has 0 unspecified atom stereocenters. The van der Waals surface area contributed by atoms with Gasteiger partial charge in [0.05, 0.1) is 0 Å². The summed E-state index contributed by atoms with van der Waals surface area (Å²) in [6.07, 6.45) is 0. The molecule has 1 nitrogen and oxygen atoms in total. The van der Waals surface area contributed by atoms with Gasteiger partial charge in [-0.25, -0.2) is 4.39 Å². The maximum absolute atomic E-state index is 12.6. The number of hydrogen-bond acceptors (Lipinski definition) is 1. The van der Waals surface area contributed by atoms with E-state index in [0.29, 0.717) is 0 Å². The highest BCUT2D eigenvalue weighted by molar-refractivity contribution is 5.25. The van der Waals surface area contributed by atoms with E-state index < -0.39 is 0 Å². The van der Waals surface area contributed by atoms with Crippen LogP contribution in [0, 0.1) is 19.7 Å². The SMILES string of the molecule is CN.Cc1cccc(F)c1C. The molecule has 0 heterocycles. The van der Waals surface area contributed by atoms with E-state index in [2.05, 4.69) is 5.73 Å². The normalized spacial score (nSPS) is 8.45. The van der Waals surface area contributed by atoms with Gasteiger partial charge in [-0.15, -0.1) is 0 Å². The lowest BCUT2D eigenvalue weighted by Gasteiger charge is -1.97. The van der Waals surface area contributed by atoms with Crippen molar-refractivity contribution >= 4 is 0 Å². The van der Waals surface area contributed by atoms with E-state index in [0.717, 1.165) is 11.1 Å². The van der Waals surface area contributed by atoms with Crippen LogP contribution in [0.15, 0.2) is 18.2 Å². The molecule has 62 valence electrons. The van der Waals surface area contributed by atoms with Crippen LogP contribution in [0.3, 0.4) is 0 Å². The minimum absolute atomic E-state index is 0.116. The fraction of sp³-hybridized carbons (Fsp3) is 0.333. The van der Waals surface area contributed by atoms with Crippen LogP contribution in [0.2, 0.25) is 0 Å². The molecule has 0 atom stereocenters. The molecule has 0 aliphatic rings. The van der Waals surface area contributed by atoms with Gasteiger partial charge >= 0.3 is 0 Å². The van der Waals surface area contributed by atoms with E-state index in [-0.39, 0.29) is 5.82 Å². The third-order valence-corrected chi connectivity index (χ3v) is 1.54. The molecular formula is C9H14FN. The van der Waals surface area contributed by atoms with Gasteiger partial charge in [0, 0.05) is 0 Å². The molecule has 2 heteroatoms. The Kier molecular flexibility index (Phi) is 4.46. The highest BCUT2D eigenvalue weighted by Gasteiger charge is 1.95. The molecule has 0 amide bonds. The van der Waals surface area contributed by atoms with Crippen LogP contribution in [0.25, 0.3) is 0 Å². The Bertz CT molecular complexity index is 201. The zero-order valence-electron chi connectivity index (χ0n) is 7.19. The molecule has 0 saturated carbocycles. The first-order valence-electron chi connectivity index (χ1n) is 3.51. The fourth-order valence-corrected chi connectivity index (χ4v) is 0.715. The molecule has 0 aliphatic heterocycles. The van der Waals surface area contributed by atoms with Gasteiger partial charge in [0.1, 0.15) is 5.82 Å². The van der Waals surface area contributed by atoms with Gasteiger partial charge in [-0.3, -0.25) is 0 Å². The molecule has 1 aromatic rings. The summed E-state index contributed by atoms with van der Waals surface area (Å²) in [5.74, 6) is -0.116. The molecule has 1 aromatic carbocycles. The van der Waals surface area contributed by atoms with Crippen LogP contribution in [0.4, 0.5) is 4.39 Å². The van der Waals surface area contributed by atoms with Crippen molar-refractivity contribution in [2.45, 2.75) is 13.8 Å². The first-order chi connectivity index (χ1) is 5.22. The van der Waals surface area contributed by atoms with Gasteiger partial charge in [-0.2, -0.15) is 0 Å². The average molecular weight is 155 g/mol. The predicted octanol–water partition coefficient (Wildman–Crippen LogP) is 2.02. The second-order valence-corrected chi connectivity index (χ2v) is 2.18. The summed E-state index contributed by atoms with van der Waals surface area (Å²) in [5.41, 5.74) is 6.26. The van der Waals surface area contributed by atoms with Crippen LogP contribution in [-0.2, 0) is 0 Å². The molecule has 0 fully saturated rings. The predicted molar refractivity (Wildman–Crippen MR) is 46.0 cm³/mol. The summed E-state index contributed by atoms with van der Waals surface area (Å²) in [6.45, 7) is 3.68. The summed E-state index contributed by atoms with van der Waals surface area (Å²) in [6, 6.07) is 5.10. The smallest absolute Gasteiger partial charge is 0.126 e. The molecule has 2 N–H and O–H groups in total. The molecule has 11 heavy (non-hydrogen) atoms. The highest BCUT2D eigenvalue weighted by atomic mass is 19.1. The molecule has 1 rings (SSSR count). The highest BCUT2D eigenvalue weighted by Crippen LogP contribution is 2.09. The summed E-state index contributed by atoms with van der Waals surface area (Å²) in [4.78, 5) is 0. The minimum Gasteiger partial charge on any atom is -0.333 e. The van der Waals surface area contributed by atoms with E-state index in [9.17, 15) is 4.39 Å².